The molecule has 1 saturated heterocycles. The van der Waals surface area contributed by atoms with Crippen LogP contribution in [0.1, 0.15) is 47.2 Å². The van der Waals surface area contributed by atoms with Crippen molar-refractivity contribution in [3.05, 3.63) is 70.2 Å². The molecule has 3 rings (SSSR count). The van der Waals surface area contributed by atoms with Crippen LogP contribution in [0.2, 0.25) is 5.02 Å². The summed E-state index contributed by atoms with van der Waals surface area (Å²) in [5.41, 5.74) is 2.80. The van der Waals surface area contributed by atoms with Gasteiger partial charge in [-0.2, -0.15) is 0 Å². The minimum absolute atomic E-state index is 0.0955. The molecule has 1 aliphatic heterocycles. The van der Waals surface area contributed by atoms with Crippen molar-refractivity contribution in [1.82, 2.24) is 15.5 Å². The predicted octanol–water partition coefficient (Wildman–Crippen LogP) is 3.76. The number of nitrogens with zero attached hydrogens (tertiary/aromatic N) is 1. The van der Waals surface area contributed by atoms with Gasteiger partial charge in [0.25, 0.3) is 5.91 Å². The lowest BCUT2D eigenvalue weighted by Gasteiger charge is -2.26. The Labute approximate surface area is 177 Å². The molecule has 2 amide bonds. The van der Waals surface area contributed by atoms with Crippen molar-refractivity contribution in [2.24, 2.45) is 0 Å². The molecule has 0 atom stereocenters. The normalized spacial score (nSPS) is 14.4. The maximum absolute atomic E-state index is 12.1. The van der Waals surface area contributed by atoms with Crippen molar-refractivity contribution in [3.63, 3.8) is 0 Å². The van der Waals surface area contributed by atoms with Crippen molar-refractivity contribution < 1.29 is 9.59 Å². The Balaban J connectivity index is 1.35. The first kappa shape index (κ1) is 21.3. The number of carbonyl (C=O) groups is 2. The molecule has 5 nitrogen and oxygen atoms in total. The molecule has 0 aliphatic carbocycles. The summed E-state index contributed by atoms with van der Waals surface area (Å²) in [6.07, 6.45) is 4.16. The fourth-order valence-corrected chi connectivity index (χ4v) is 3.68. The Kier molecular flexibility index (Phi) is 8.08. The second kappa shape index (κ2) is 11.0. The second-order valence-corrected chi connectivity index (χ2v) is 7.82. The average molecular weight is 414 g/mol. The highest BCUT2D eigenvalue weighted by molar-refractivity contribution is 6.33. The number of hydrogen-bond donors (Lipinski definition) is 2. The van der Waals surface area contributed by atoms with Gasteiger partial charge in [0.1, 0.15) is 0 Å². The Morgan fingerprint density at radius 2 is 1.59 bits per heavy atom. The zero-order chi connectivity index (χ0) is 20.5. The molecule has 29 heavy (non-hydrogen) atoms. The number of likely N-dealkylation sites (tertiary alicyclic amines) is 1. The lowest BCUT2D eigenvalue weighted by Crippen LogP contribution is -2.30. The maximum atomic E-state index is 12.1. The summed E-state index contributed by atoms with van der Waals surface area (Å²) in [5.74, 6) is -0.366. The molecular weight excluding hydrogens is 386 g/mol. The van der Waals surface area contributed by atoms with Gasteiger partial charge in [-0.25, -0.2) is 0 Å². The molecule has 2 aromatic rings. The Bertz CT molecular complexity index is 817. The van der Waals surface area contributed by atoms with Gasteiger partial charge in [-0.05, 0) is 49.2 Å². The molecule has 0 saturated carbocycles. The van der Waals surface area contributed by atoms with Crippen LogP contribution in [0.25, 0.3) is 0 Å². The van der Waals surface area contributed by atoms with Gasteiger partial charge in [0.2, 0.25) is 5.91 Å². The van der Waals surface area contributed by atoms with Gasteiger partial charge in [0, 0.05) is 26.1 Å². The van der Waals surface area contributed by atoms with Crippen LogP contribution in [-0.4, -0.2) is 36.3 Å². The topological polar surface area (TPSA) is 61.4 Å². The third kappa shape index (κ3) is 6.87. The standard InChI is InChI=1S/C23H28ClN3O2/c24-21-7-3-2-6-20(21)23(29)25-13-12-22(28)26-16-18-8-10-19(11-9-18)17-27-14-4-1-5-15-27/h2-3,6-11H,1,4-5,12-17H2,(H,25,29)(H,26,28). The van der Waals surface area contributed by atoms with Crippen LogP contribution in [0, 0.1) is 0 Å². The van der Waals surface area contributed by atoms with E-state index in [1.54, 1.807) is 24.3 Å². The molecule has 6 heteroatoms. The summed E-state index contributed by atoms with van der Waals surface area (Å²) in [7, 11) is 0. The van der Waals surface area contributed by atoms with E-state index in [0.717, 1.165) is 12.1 Å². The Hall–Kier alpha value is -2.37. The second-order valence-electron chi connectivity index (χ2n) is 7.42. The van der Waals surface area contributed by atoms with E-state index in [1.165, 1.54) is 37.9 Å². The van der Waals surface area contributed by atoms with Gasteiger partial charge in [0.15, 0.2) is 0 Å². The third-order valence-corrected chi connectivity index (χ3v) is 5.45. The highest BCUT2D eigenvalue weighted by Crippen LogP contribution is 2.15. The average Bonchev–Trinajstić information content (AvgIpc) is 2.74. The summed E-state index contributed by atoms with van der Waals surface area (Å²) in [6.45, 7) is 4.12. The van der Waals surface area contributed by atoms with Crippen LogP contribution in [0.4, 0.5) is 0 Å². The molecule has 1 aliphatic rings. The van der Waals surface area contributed by atoms with Gasteiger partial charge >= 0.3 is 0 Å². The number of piperidine rings is 1. The predicted molar refractivity (Wildman–Crippen MR) is 116 cm³/mol. The van der Waals surface area contributed by atoms with Gasteiger partial charge < -0.3 is 10.6 Å². The maximum Gasteiger partial charge on any atom is 0.252 e. The van der Waals surface area contributed by atoms with E-state index in [-0.39, 0.29) is 24.8 Å². The van der Waals surface area contributed by atoms with E-state index in [9.17, 15) is 9.59 Å². The SMILES string of the molecule is O=C(CCNC(=O)c1ccccc1Cl)NCc1ccc(CN2CCCCC2)cc1. The number of carbonyl (C=O) groups excluding carboxylic acids is 2. The van der Waals surface area contributed by atoms with Crippen LogP contribution in [0.5, 0.6) is 0 Å². The number of nitrogens with one attached hydrogen (secondary N) is 2. The Morgan fingerprint density at radius 3 is 2.31 bits per heavy atom. The third-order valence-electron chi connectivity index (χ3n) is 5.12. The monoisotopic (exact) mass is 413 g/mol. The zero-order valence-electron chi connectivity index (χ0n) is 16.6. The number of benzene rings is 2. The van der Waals surface area contributed by atoms with Gasteiger partial charge in [0.05, 0.1) is 10.6 Å². The molecule has 2 N–H and O–H groups in total. The van der Waals surface area contributed by atoms with E-state index in [2.05, 4.69) is 39.8 Å². The van der Waals surface area contributed by atoms with Crippen LogP contribution in [-0.2, 0) is 17.9 Å². The molecule has 0 spiro atoms. The van der Waals surface area contributed by atoms with Crippen molar-refractivity contribution in [2.45, 2.75) is 38.8 Å². The first-order valence-electron chi connectivity index (χ1n) is 10.2. The number of halogens is 1. The molecule has 2 aromatic carbocycles. The molecule has 154 valence electrons. The van der Waals surface area contributed by atoms with E-state index < -0.39 is 0 Å². The van der Waals surface area contributed by atoms with Crippen LogP contribution in [0.3, 0.4) is 0 Å². The fourth-order valence-electron chi connectivity index (χ4n) is 3.46. The van der Waals surface area contributed by atoms with E-state index in [0.29, 0.717) is 17.1 Å². The Morgan fingerprint density at radius 1 is 0.897 bits per heavy atom. The van der Waals surface area contributed by atoms with Gasteiger partial charge in [-0.3, -0.25) is 14.5 Å². The van der Waals surface area contributed by atoms with Crippen LogP contribution >= 0.6 is 11.6 Å². The molecule has 0 bridgehead atoms. The summed E-state index contributed by atoms with van der Waals surface area (Å²) in [4.78, 5) is 26.6. The minimum Gasteiger partial charge on any atom is -0.352 e. The lowest BCUT2D eigenvalue weighted by molar-refractivity contribution is -0.121. The van der Waals surface area contributed by atoms with Gasteiger partial charge in [-0.15, -0.1) is 0 Å². The highest BCUT2D eigenvalue weighted by atomic mass is 35.5. The molecule has 0 radical (unpaired) electrons. The first-order valence-corrected chi connectivity index (χ1v) is 10.6. The molecule has 1 heterocycles. The van der Waals surface area contributed by atoms with E-state index in [1.807, 2.05) is 0 Å². The quantitative estimate of drug-likeness (QED) is 0.692. The van der Waals surface area contributed by atoms with Crippen molar-refractivity contribution >= 4 is 23.4 Å². The van der Waals surface area contributed by atoms with Crippen molar-refractivity contribution in [2.75, 3.05) is 19.6 Å². The van der Waals surface area contributed by atoms with Gasteiger partial charge in [-0.1, -0.05) is 54.4 Å². The molecule has 1 fully saturated rings. The summed E-state index contributed by atoms with van der Waals surface area (Å²) in [5, 5.41) is 6.03. The van der Waals surface area contributed by atoms with Crippen molar-refractivity contribution in [3.8, 4) is 0 Å². The zero-order valence-corrected chi connectivity index (χ0v) is 17.4. The molecule has 0 aromatic heterocycles. The van der Waals surface area contributed by atoms with Crippen LogP contribution < -0.4 is 10.6 Å². The van der Waals surface area contributed by atoms with E-state index in [4.69, 9.17) is 11.6 Å². The number of hydrogen-bond acceptors (Lipinski definition) is 3. The molecular formula is C23H28ClN3O2. The summed E-state index contributed by atoms with van der Waals surface area (Å²) < 4.78 is 0. The fraction of sp³-hybridized carbons (Fsp3) is 0.391. The number of rotatable bonds is 8. The first-order chi connectivity index (χ1) is 14.1. The molecule has 0 unspecified atom stereocenters. The summed E-state index contributed by atoms with van der Waals surface area (Å²) >= 11 is 6.00. The lowest BCUT2D eigenvalue weighted by atomic mass is 10.1. The number of amides is 2. The smallest absolute Gasteiger partial charge is 0.252 e. The van der Waals surface area contributed by atoms with E-state index >= 15 is 0 Å². The van der Waals surface area contributed by atoms with Crippen LogP contribution in [0.15, 0.2) is 48.5 Å². The largest absolute Gasteiger partial charge is 0.352 e. The summed E-state index contributed by atoms with van der Waals surface area (Å²) in [6, 6.07) is 15.3. The van der Waals surface area contributed by atoms with Crippen molar-refractivity contribution in [1.29, 1.82) is 0 Å². The highest BCUT2D eigenvalue weighted by Gasteiger charge is 2.11. The minimum atomic E-state index is -0.271.